The number of ether oxygens (including phenoxy) is 3. The first-order valence-corrected chi connectivity index (χ1v) is 10.3. The molecule has 1 aromatic heterocycles. The molecule has 0 bridgehead atoms. The Morgan fingerprint density at radius 3 is 2.27 bits per heavy atom. The molecule has 0 spiro atoms. The van der Waals surface area contributed by atoms with Crippen molar-refractivity contribution in [2.24, 2.45) is 0 Å². The van der Waals surface area contributed by atoms with E-state index in [1.807, 2.05) is 44.2 Å². The predicted octanol–water partition coefficient (Wildman–Crippen LogP) is 5.83. The number of carbonyl (C=O) groups excluding carboxylic acids is 1. The van der Waals surface area contributed by atoms with Crippen molar-refractivity contribution < 1.29 is 23.4 Å². The smallest absolute Gasteiger partial charge is 0.336 e. The normalized spacial score (nSPS) is 11.0. The van der Waals surface area contributed by atoms with Crippen molar-refractivity contribution >= 4 is 23.0 Å². The molecule has 3 aromatic carbocycles. The summed E-state index contributed by atoms with van der Waals surface area (Å²) in [4.78, 5) is 25.0. The van der Waals surface area contributed by atoms with Gasteiger partial charge in [0.2, 0.25) is 11.2 Å². The molecule has 0 saturated carbocycles. The minimum atomic E-state index is -0.553. The molecule has 1 heterocycles. The molecular formula is C27H22O6. The summed E-state index contributed by atoms with van der Waals surface area (Å²) in [6.07, 6.45) is 4.22. The summed E-state index contributed by atoms with van der Waals surface area (Å²) in [7, 11) is 1.59. The number of carbonyl (C=O) groups is 1. The monoisotopic (exact) mass is 442 g/mol. The Morgan fingerprint density at radius 2 is 1.58 bits per heavy atom. The number of benzene rings is 3. The first-order chi connectivity index (χ1) is 15.9. The molecule has 0 atom stereocenters. The molecule has 0 aliphatic heterocycles. The van der Waals surface area contributed by atoms with Gasteiger partial charge in [0.05, 0.1) is 12.5 Å². The third-order valence-electron chi connectivity index (χ3n) is 4.88. The van der Waals surface area contributed by atoms with Gasteiger partial charge >= 0.3 is 5.97 Å². The van der Waals surface area contributed by atoms with Gasteiger partial charge in [0.25, 0.3) is 0 Å². The average molecular weight is 442 g/mol. The third-order valence-corrected chi connectivity index (χ3v) is 4.88. The van der Waals surface area contributed by atoms with Crippen LogP contribution in [0.2, 0.25) is 0 Å². The van der Waals surface area contributed by atoms with Crippen molar-refractivity contribution in [3.8, 4) is 23.0 Å². The van der Waals surface area contributed by atoms with Crippen molar-refractivity contribution in [1.82, 2.24) is 0 Å². The topological polar surface area (TPSA) is 75.0 Å². The van der Waals surface area contributed by atoms with Gasteiger partial charge in [-0.2, -0.15) is 0 Å². The fraction of sp³-hybridized carbons (Fsp3) is 0.111. The van der Waals surface area contributed by atoms with Gasteiger partial charge in [-0.3, -0.25) is 4.79 Å². The molecule has 4 aromatic rings. The second kappa shape index (κ2) is 9.44. The van der Waals surface area contributed by atoms with E-state index >= 15 is 0 Å². The molecule has 0 N–H and O–H groups in total. The Hall–Kier alpha value is -4.32. The largest absolute Gasteiger partial charge is 0.497 e. The molecule has 0 unspecified atom stereocenters. The van der Waals surface area contributed by atoms with Crippen LogP contribution in [0.25, 0.3) is 17.0 Å². The highest BCUT2D eigenvalue weighted by atomic mass is 16.5. The SMILES string of the molecule is COc1ccc(C=CC(=O)Oc2ccc3c(=O)c(Oc4cc(C)cc(C)c4)coc3c2)cc1. The number of aryl methyl sites for hydroxylation is 2. The molecule has 0 aliphatic rings. The molecule has 0 fully saturated rings. The molecule has 4 rings (SSSR count). The van der Waals surface area contributed by atoms with E-state index in [1.165, 1.54) is 18.4 Å². The lowest BCUT2D eigenvalue weighted by Gasteiger charge is -2.08. The summed E-state index contributed by atoms with van der Waals surface area (Å²) < 4.78 is 21.8. The lowest BCUT2D eigenvalue weighted by atomic mass is 10.1. The number of rotatable bonds is 6. The Kier molecular flexibility index (Phi) is 6.26. The summed E-state index contributed by atoms with van der Waals surface area (Å²) >= 11 is 0. The van der Waals surface area contributed by atoms with Gasteiger partial charge in [-0.05, 0) is 73.0 Å². The van der Waals surface area contributed by atoms with Crippen LogP contribution in [0.3, 0.4) is 0 Å². The van der Waals surface area contributed by atoms with Gasteiger partial charge in [0.1, 0.15) is 29.1 Å². The summed E-state index contributed by atoms with van der Waals surface area (Å²) in [5, 5.41) is 0.324. The number of hydrogen-bond acceptors (Lipinski definition) is 6. The lowest BCUT2D eigenvalue weighted by Crippen LogP contribution is -2.06. The van der Waals surface area contributed by atoms with Crippen molar-refractivity contribution in [1.29, 1.82) is 0 Å². The third kappa shape index (κ3) is 5.30. The average Bonchev–Trinajstić information content (AvgIpc) is 2.79. The lowest BCUT2D eigenvalue weighted by molar-refractivity contribution is -0.128. The Morgan fingerprint density at radius 1 is 0.879 bits per heavy atom. The fourth-order valence-corrected chi connectivity index (χ4v) is 3.37. The molecule has 0 saturated heterocycles. The summed E-state index contributed by atoms with van der Waals surface area (Å²) in [5.74, 6) is 1.09. The minimum absolute atomic E-state index is 0.0830. The van der Waals surface area contributed by atoms with Crippen molar-refractivity contribution in [3.05, 3.63) is 99.9 Å². The minimum Gasteiger partial charge on any atom is -0.497 e. The van der Waals surface area contributed by atoms with E-state index in [9.17, 15) is 9.59 Å². The maximum Gasteiger partial charge on any atom is 0.336 e. The Labute approximate surface area is 190 Å². The Balaban J connectivity index is 1.49. The van der Waals surface area contributed by atoms with Gasteiger partial charge in [0, 0.05) is 12.1 Å². The maximum absolute atomic E-state index is 12.8. The number of fused-ring (bicyclic) bond motifs is 1. The van der Waals surface area contributed by atoms with Crippen LogP contribution in [-0.4, -0.2) is 13.1 Å². The standard InChI is InChI=1S/C27H22O6/c1-17-12-18(2)14-22(13-17)32-25-16-31-24-15-21(9-10-23(24)27(25)29)33-26(28)11-6-19-4-7-20(30-3)8-5-19/h4-16H,1-3H3. The number of hydrogen-bond donors (Lipinski definition) is 0. The summed E-state index contributed by atoms with van der Waals surface area (Å²) in [6.45, 7) is 3.91. The van der Waals surface area contributed by atoms with Gasteiger partial charge in [-0.25, -0.2) is 4.79 Å². The van der Waals surface area contributed by atoms with Crippen LogP contribution in [0.15, 0.2) is 82.2 Å². The fourth-order valence-electron chi connectivity index (χ4n) is 3.37. The van der Waals surface area contributed by atoms with Crippen molar-refractivity contribution in [2.75, 3.05) is 7.11 Å². The molecule has 6 heteroatoms. The van der Waals surface area contributed by atoms with Crippen molar-refractivity contribution in [3.63, 3.8) is 0 Å². The van der Waals surface area contributed by atoms with Gasteiger partial charge in [-0.15, -0.1) is 0 Å². The highest BCUT2D eigenvalue weighted by molar-refractivity contribution is 5.89. The Bertz CT molecular complexity index is 1380. The highest BCUT2D eigenvalue weighted by Crippen LogP contribution is 2.25. The van der Waals surface area contributed by atoms with Crippen LogP contribution in [-0.2, 0) is 4.79 Å². The molecule has 0 amide bonds. The van der Waals surface area contributed by atoms with E-state index in [4.69, 9.17) is 18.6 Å². The zero-order valence-corrected chi connectivity index (χ0v) is 18.5. The summed E-state index contributed by atoms with van der Waals surface area (Å²) in [5.41, 5.74) is 2.86. The summed E-state index contributed by atoms with van der Waals surface area (Å²) in [6, 6.07) is 17.5. The molecule has 166 valence electrons. The molecular weight excluding hydrogens is 420 g/mol. The van der Waals surface area contributed by atoms with Gasteiger partial charge in [-0.1, -0.05) is 18.2 Å². The van der Waals surface area contributed by atoms with Crippen LogP contribution < -0.4 is 19.6 Å². The van der Waals surface area contributed by atoms with E-state index in [2.05, 4.69) is 0 Å². The van der Waals surface area contributed by atoms with E-state index < -0.39 is 5.97 Å². The molecule has 6 nitrogen and oxygen atoms in total. The second-order valence-electron chi connectivity index (χ2n) is 7.54. The quantitative estimate of drug-likeness (QED) is 0.212. The molecule has 0 radical (unpaired) electrons. The predicted molar refractivity (Wildman–Crippen MR) is 126 cm³/mol. The highest BCUT2D eigenvalue weighted by Gasteiger charge is 2.12. The van der Waals surface area contributed by atoms with Crippen LogP contribution in [0.1, 0.15) is 16.7 Å². The van der Waals surface area contributed by atoms with Gasteiger partial charge in [0.15, 0.2) is 0 Å². The van der Waals surface area contributed by atoms with E-state index in [1.54, 1.807) is 37.5 Å². The van der Waals surface area contributed by atoms with Crippen LogP contribution in [0.4, 0.5) is 0 Å². The van der Waals surface area contributed by atoms with Crippen LogP contribution >= 0.6 is 0 Å². The van der Waals surface area contributed by atoms with Crippen molar-refractivity contribution in [2.45, 2.75) is 13.8 Å². The van der Waals surface area contributed by atoms with Crippen LogP contribution in [0.5, 0.6) is 23.0 Å². The van der Waals surface area contributed by atoms with Crippen LogP contribution in [0, 0.1) is 13.8 Å². The zero-order chi connectivity index (χ0) is 23.4. The number of esters is 1. The first-order valence-electron chi connectivity index (χ1n) is 10.3. The van der Waals surface area contributed by atoms with E-state index in [-0.39, 0.29) is 22.5 Å². The van der Waals surface area contributed by atoms with E-state index in [0.717, 1.165) is 22.4 Å². The first kappa shape index (κ1) is 21.9. The molecule has 33 heavy (non-hydrogen) atoms. The van der Waals surface area contributed by atoms with Gasteiger partial charge < -0.3 is 18.6 Å². The second-order valence-corrected chi connectivity index (χ2v) is 7.54. The number of methoxy groups -OCH3 is 1. The van der Waals surface area contributed by atoms with E-state index in [0.29, 0.717) is 11.1 Å². The maximum atomic E-state index is 12.8. The molecule has 0 aliphatic carbocycles. The zero-order valence-electron chi connectivity index (χ0n) is 18.5.